The zero-order valence-electron chi connectivity index (χ0n) is 17.6. The van der Waals surface area contributed by atoms with Crippen molar-refractivity contribution in [1.29, 1.82) is 0 Å². The lowest BCUT2D eigenvalue weighted by Gasteiger charge is -2.26. The molecule has 1 atom stereocenters. The Morgan fingerprint density at radius 1 is 1.16 bits per heavy atom. The van der Waals surface area contributed by atoms with Crippen LogP contribution in [0, 0.1) is 0 Å². The second-order valence-corrected chi connectivity index (χ2v) is 8.53. The van der Waals surface area contributed by atoms with Gasteiger partial charge in [-0.15, -0.1) is 0 Å². The fourth-order valence-electron chi connectivity index (χ4n) is 4.41. The molecule has 0 bridgehead atoms. The summed E-state index contributed by atoms with van der Waals surface area (Å²) in [6, 6.07) is 12.6. The molecule has 0 fully saturated rings. The zero-order valence-corrected chi connectivity index (χ0v) is 17.6. The minimum Gasteiger partial charge on any atom is -0.458 e. The summed E-state index contributed by atoms with van der Waals surface area (Å²) in [6.07, 6.45) is 1.99. The standard InChI is InChI=1S/C24H23N3O5/c1-24(31,19-11-14-5-2-3-7-18(14)32-19)13-25-22(29)23(30)26-17-9-15-6-4-8-27-20(28)12-16(10-17)21(15)27/h2-3,5,7,9-11,31H,4,6,8,12-13H2,1H3,(H,25,29)(H,26,30). The molecule has 0 radical (unpaired) electrons. The second kappa shape index (κ2) is 7.49. The number of hydrogen-bond acceptors (Lipinski definition) is 5. The molecule has 2 aliphatic heterocycles. The summed E-state index contributed by atoms with van der Waals surface area (Å²) in [6.45, 7) is 2.03. The third kappa shape index (κ3) is 3.52. The normalized spacial score (nSPS) is 16.6. The minimum atomic E-state index is -1.49. The molecule has 3 N–H and O–H groups in total. The Balaban J connectivity index is 1.25. The molecular formula is C24H23N3O5. The molecule has 0 spiro atoms. The Bertz CT molecular complexity index is 1230. The van der Waals surface area contributed by atoms with E-state index in [1.165, 1.54) is 6.92 Å². The maximum absolute atomic E-state index is 12.4. The smallest absolute Gasteiger partial charge is 0.313 e. The first-order chi connectivity index (χ1) is 15.3. The Hall–Kier alpha value is -3.65. The van der Waals surface area contributed by atoms with Crippen molar-refractivity contribution in [2.75, 3.05) is 23.3 Å². The number of anilines is 2. The summed E-state index contributed by atoms with van der Waals surface area (Å²) in [5.74, 6) is -1.34. The molecule has 5 rings (SSSR count). The second-order valence-electron chi connectivity index (χ2n) is 8.53. The molecular weight excluding hydrogens is 410 g/mol. The Morgan fingerprint density at radius 3 is 2.75 bits per heavy atom. The first-order valence-electron chi connectivity index (χ1n) is 10.6. The van der Waals surface area contributed by atoms with E-state index in [1.807, 2.05) is 24.3 Å². The maximum Gasteiger partial charge on any atom is 0.313 e. The Labute approximate surface area is 184 Å². The summed E-state index contributed by atoms with van der Waals surface area (Å²) in [5, 5.41) is 16.7. The van der Waals surface area contributed by atoms with Crippen molar-refractivity contribution < 1.29 is 23.9 Å². The summed E-state index contributed by atoms with van der Waals surface area (Å²) in [5.41, 5.74) is 2.45. The van der Waals surface area contributed by atoms with Crippen molar-refractivity contribution in [2.45, 2.75) is 31.8 Å². The number of fused-ring (bicyclic) bond motifs is 1. The molecule has 2 aromatic carbocycles. The molecule has 0 aliphatic carbocycles. The van der Waals surface area contributed by atoms with E-state index in [0.29, 0.717) is 23.5 Å². The van der Waals surface area contributed by atoms with Gasteiger partial charge in [-0.05, 0) is 55.2 Å². The van der Waals surface area contributed by atoms with Crippen LogP contribution in [-0.2, 0) is 32.8 Å². The van der Waals surface area contributed by atoms with E-state index in [2.05, 4.69) is 10.6 Å². The molecule has 0 saturated heterocycles. The molecule has 0 saturated carbocycles. The van der Waals surface area contributed by atoms with Gasteiger partial charge in [0, 0.05) is 17.6 Å². The van der Waals surface area contributed by atoms with Gasteiger partial charge in [0.2, 0.25) is 5.91 Å². The number of nitrogens with one attached hydrogen (secondary N) is 2. The number of nitrogens with zero attached hydrogens (tertiary/aromatic N) is 1. The van der Waals surface area contributed by atoms with E-state index < -0.39 is 17.4 Å². The molecule has 2 aliphatic rings. The van der Waals surface area contributed by atoms with Crippen molar-refractivity contribution in [3.8, 4) is 0 Å². The van der Waals surface area contributed by atoms with E-state index in [1.54, 1.807) is 23.1 Å². The number of para-hydroxylation sites is 1. The molecule has 1 aromatic heterocycles. The van der Waals surface area contributed by atoms with E-state index in [-0.39, 0.29) is 12.5 Å². The average molecular weight is 433 g/mol. The van der Waals surface area contributed by atoms with Gasteiger partial charge in [0.15, 0.2) is 0 Å². The van der Waals surface area contributed by atoms with E-state index >= 15 is 0 Å². The van der Waals surface area contributed by atoms with Crippen LogP contribution in [0.5, 0.6) is 0 Å². The number of aryl methyl sites for hydroxylation is 1. The highest BCUT2D eigenvalue weighted by molar-refractivity contribution is 6.39. The number of hydrogen-bond donors (Lipinski definition) is 3. The lowest BCUT2D eigenvalue weighted by atomic mass is 9.99. The highest BCUT2D eigenvalue weighted by atomic mass is 16.4. The van der Waals surface area contributed by atoms with E-state index in [9.17, 15) is 19.5 Å². The lowest BCUT2D eigenvalue weighted by molar-refractivity contribution is -0.136. The quantitative estimate of drug-likeness (QED) is 0.547. The van der Waals surface area contributed by atoms with Crippen LogP contribution in [0.2, 0.25) is 0 Å². The van der Waals surface area contributed by atoms with E-state index in [0.717, 1.165) is 41.6 Å². The number of carbonyl (C=O) groups excluding carboxylic acids is 3. The topological polar surface area (TPSA) is 112 Å². The monoisotopic (exact) mass is 433 g/mol. The van der Waals surface area contributed by atoms with Gasteiger partial charge in [0.1, 0.15) is 16.9 Å². The van der Waals surface area contributed by atoms with Gasteiger partial charge in [-0.1, -0.05) is 18.2 Å². The van der Waals surface area contributed by atoms with Crippen LogP contribution in [0.15, 0.2) is 46.9 Å². The molecule has 3 amide bonds. The molecule has 8 nitrogen and oxygen atoms in total. The van der Waals surface area contributed by atoms with Gasteiger partial charge in [0.25, 0.3) is 0 Å². The fourth-order valence-corrected chi connectivity index (χ4v) is 4.41. The van der Waals surface area contributed by atoms with Gasteiger partial charge >= 0.3 is 11.8 Å². The average Bonchev–Trinajstić information content (AvgIpc) is 3.35. The highest BCUT2D eigenvalue weighted by Crippen LogP contribution is 2.38. The predicted molar refractivity (Wildman–Crippen MR) is 118 cm³/mol. The van der Waals surface area contributed by atoms with Crippen LogP contribution >= 0.6 is 0 Å². The number of furan rings is 1. The highest BCUT2D eigenvalue weighted by Gasteiger charge is 2.33. The molecule has 32 heavy (non-hydrogen) atoms. The number of carbonyl (C=O) groups is 3. The fraction of sp³-hybridized carbons (Fsp3) is 0.292. The minimum absolute atomic E-state index is 0.0648. The predicted octanol–water partition coefficient (Wildman–Crippen LogP) is 2.23. The van der Waals surface area contributed by atoms with Crippen LogP contribution in [0.3, 0.4) is 0 Å². The summed E-state index contributed by atoms with van der Waals surface area (Å²) < 4.78 is 5.68. The van der Waals surface area contributed by atoms with Gasteiger partial charge < -0.3 is 25.1 Å². The molecule has 3 aromatic rings. The Morgan fingerprint density at radius 2 is 1.94 bits per heavy atom. The van der Waals surface area contributed by atoms with Crippen molar-refractivity contribution in [1.82, 2.24) is 5.32 Å². The Kier molecular flexibility index (Phi) is 4.74. The van der Waals surface area contributed by atoms with Crippen LogP contribution < -0.4 is 15.5 Å². The third-order valence-corrected chi connectivity index (χ3v) is 6.02. The van der Waals surface area contributed by atoms with Gasteiger partial charge in [-0.2, -0.15) is 0 Å². The summed E-state index contributed by atoms with van der Waals surface area (Å²) in [4.78, 5) is 38.8. The van der Waals surface area contributed by atoms with Gasteiger partial charge in [-0.25, -0.2) is 0 Å². The lowest BCUT2D eigenvalue weighted by Crippen LogP contribution is -2.43. The number of benzene rings is 2. The van der Waals surface area contributed by atoms with Crippen LogP contribution in [0.1, 0.15) is 30.2 Å². The van der Waals surface area contributed by atoms with Crippen molar-refractivity contribution in [3.63, 3.8) is 0 Å². The number of aliphatic hydroxyl groups is 1. The number of amides is 3. The summed E-state index contributed by atoms with van der Waals surface area (Å²) >= 11 is 0. The van der Waals surface area contributed by atoms with Crippen molar-refractivity contribution >= 4 is 40.1 Å². The van der Waals surface area contributed by atoms with Crippen molar-refractivity contribution in [3.05, 3.63) is 59.4 Å². The largest absolute Gasteiger partial charge is 0.458 e. The molecule has 3 heterocycles. The first-order valence-corrected chi connectivity index (χ1v) is 10.6. The summed E-state index contributed by atoms with van der Waals surface area (Å²) in [7, 11) is 0. The zero-order chi connectivity index (χ0) is 22.5. The van der Waals surface area contributed by atoms with Gasteiger partial charge in [0.05, 0.1) is 18.7 Å². The molecule has 164 valence electrons. The molecule has 1 unspecified atom stereocenters. The SMILES string of the molecule is CC(O)(CNC(=O)C(=O)Nc1cc2c3c(c1)CC(=O)N3CCC2)c1cc2ccccc2o1. The molecule has 8 heteroatoms. The van der Waals surface area contributed by atoms with Crippen LogP contribution in [0.4, 0.5) is 11.4 Å². The van der Waals surface area contributed by atoms with Crippen LogP contribution in [-0.4, -0.2) is 35.9 Å². The van der Waals surface area contributed by atoms with Gasteiger partial charge in [-0.3, -0.25) is 14.4 Å². The van der Waals surface area contributed by atoms with Crippen LogP contribution in [0.25, 0.3) is 11.0 Å². The van der Waals surface area contributed by atoms with Crippen molar-refractivity contribution in [2.24, 2.45) is 0 Å². The first kappa shape index (κ1) is 20.3. The maximum atomic E-state index is 12.4. The van der Waals surface area contributed by atoms with E-state index in [4.69, 9.17) is 4.42 Å². The number of rotatable bonds is 4. The third-order valence-electron chi connectivity index (χ3n) is 6.02.